The molecule has 0 saturated heterocycles. The van der Waals surface area contributed by atoms with Crippen molar-refractivity contribution in [3.05, 3.63) is 59.2 Å². The van der Waals surface area contributed by atoms with Gasteiger partial charge in [-0.3, -0.25) is 4.79 Å². The Bertz CT molecular complexity index is 984. The maximum absolute atomic E-state index is 12.8. The van der Waals surface area contributed by atoms with Gasteiger partial charge in [-0.05, 0) is 81.5 Å². The lowest BCUT2D eigenvalue weighted by molar-refractivity contribution is 0.0487. The number of hydrogen-bond acceptors (Lipinski definition) is 8. The Morgan fingerprint density at radius 2 is 1.16 bits per heavy atom. The molecule has 2 aromatic carbocycles. The second-order valence-electron chi connectivity index (χ2n) is 8.91. The van der Waals surface area contributed by atoms with Crippen LogP contribution in [0.25, 0.3) is 0 Å². The van der Waals surface area contributed by atoms with Crippen LogP contribution in [0, 0.1) is 0 Å². The zero-order valence-electron chi connectivity index (χ0n) is 23.1. The quantitative estimate of drug-likeness (QED) is 0.189. The van der Waals surface area contributed by atoms with Gasteiger partial charge in [0.2, 0.25) is 0 Å². The highest BCUT2D eigenvalue weighted by molar-refractivity contribution is 6.06. The fraction of sp³-hybridized carbons (Fsp3) is 0.483. The number of esters is 2. The van der Waals surface area contributed by atoms with Crippen molar-refractivity contribution < 1.29 is 23.9 Å². The lowest BCUT2D eigenvalue weighted by Gasteiger charge is -2.18. The molecule has 2 rings (SSSR count). The smallest absolute Gasteiger partial charge is 0.338 e. The molecule has 0 saturated carbocycles. The molecule has 1 amide bonds. The van der Waals surface area contributed by atoms with Crippen LogP contribution in [0.15, 0.2) is 42.5 Å². The second kappa shape index (κ2) is 16.4. The van der Waals surface area contributed by atoms with Gasteiger partial charge in [-0.1, -0.05) is 27.7 Å². The van der Waals surface area contributed by atoms with E-state index >= 15 is 0 Å². The number of carbonyl (C=O) groups excluding carboxylic acids is 3. The molecule has 0 aliphatic heterocycles. The summed E-state index contributed by atoms with van der Waals surface area (Å²) in [5, 5.41) is 2.75. The number of rotatable bonds is 16. The fourth-order valence-corrected chi connectivity index (χ4v) is 3.93. The first-order valence-electron chi connectivity index (χ1n) is 13.4. The summed E-state index contributed by atoms with van der Waals surface area (Å²) < 4.78 is 10.9. The van der Waals surface area contributed by atoms with Crippen LogP contribution >= 0.6 is 0 Å². The molecule has 0 aliphatic carbocycles. The van der Waals surface area contributed by atoms with Crippen LogP contribution in [-0.4, -0.2) is 80.1 Å². The van der Waals surface area contributed by atoms with Crippen molar-refractivity contribution in [2.45, 2.75) is 40.5 Å². The number of benzene rings is 2. The fourth-order valence-electron chi connectivity index (χ4n) is 3.93. The molecule has 0 heterocycles. The van der Waals surface area contributed by atoms with Crippen LogP contribution in [0.5, 0.6) is 0 Å². The molecule has 208 valence electrons. The van der Waals surface area contributed by atoms with Gasteiger partial charge in [0.1, 0.15) is 0 Å². The minimum atomic E-state index is -0.566. The van der Waals surface area contributed by atoms with Crippen LogP contribution in [0.4, 0.5) is 11.4 Å². The van der Waals surface area contributed by atoms with Crippen LogP contribution < -0.4 is 11.1 Å². The first-order chi connectivity index (χ1) is 18.3. The van der Waals surface area contributed by atoms with Gasteiger partial charge in [-0.25, -0.2) is 9.59 Å². The monoisotopic (exact) mass is 526 g/mol. The van der Waals surface area contributed by atoms with Gasteiger partial charge < -0.3 is 30.3 Å². The Morgan fingerprint density at radius 1 is 0.711 bits per heavy atom. The minimum absolute atomic E-state index is 0.165. The molecule has 0 atom stereocenters. The molecule has 0 aromatic heterocycles. The molecular weight excluding hydrogens is 484 g/mol. The van der Waals surface area contributed by atoms with E-state index in [0.29, 0.717) is 29.8 Å². The number of carbonyl (C=O) groups is 3. The van der Waals surface area contributed by atoms with E-state index in [1.54, 1.807) is 24.3 Å². The summed E-state index contributed by atoms with van der Waals surface area (Å²) >= 11 is 0. The van der Waals surface area contributed by atoms with Crippen molar-refractivity contribution in [1.82, 2.24) is 9.80 Å². The SMILES string of the molecule is CCN(CC)CCCOC(=O)c1cc(NC(=O)c2ccc(N)cc2)cc(C(=O)OCCCN(CC)CC)c1. The number of hydrogen-bond donors (Lipinski definition) is 2. The highest BCUT2D eigenvalue weighted by Crippen LogP contribution is 2.19. The van der Waals surface area contributed by atoms with Crippen LogP contribution in [0.3, 0.4) is 0 Å². The minimum Gasteiger partial charge on any atom is -0.462 e. The summed E-state index contributed by atoms with van der Waals surface area (Å²) in [4.78, 5) is 42.9. The zero-order valence-corrected chi connectivity index (χ0v) is 23.1. The van der Waals surface area contributed by atoms with E-state index in [-0.39, 0.29) is 24.3 Å². The third-order valence-electron chi connectivity index (χ3n) is 6.33. The maximum atomic E-state index is 12.8. The molecule has 0 radical (unpaired) electrons. The van der Waals surface area contributed by atoms with Gasteiger partial charge >= 0.3 is 11.9 Å². The topological polar surface area (TPSA) is 114 Å². The van der Waals surface area contributed by atoms with Crippen molar-refractivity contribution >= 4 is 29.2 Å². The maximum Gasteiger partial charge on any atom is 0.338 e. The van der Waals surface area contributed by atoms with Gasteiger partial charge in [0, 0.05) is 30.0 Å². The Labute approximate surface area is 226 Å². The van der Waals surface area contributed by atoms with Gasteiger partial charge in [-0.15, -0.1) is 0 Å². The number of nitrogen functional groups attached to an aromatic ring is 1. The number of nitrogens with one attached hydrogen (secondary N) is 1. The van der Waals surface area contributed by atoms with Crippen molar-refractivity contribution in [1.29, 1.82) is 0 Å². The molecule has 0 unspecified atom stereocenters. The first kappa shape index (κ1) is 30.8. The number of nitrogens with zero attached hydrogens (tertiary/aromatic N) is 2. The number of ether oxygens (including phenoxy) is 2. The van der Waals surface area contributed by atoms with Crippen molar-refractivity contribution in [2.24, 2.45) is 0 Å². The van der Waals surface area contributed by atoms with Gasteiger partial charge in [0.05, 0.1) is 24.3 Å². The molecule has 0 spiro atoms. The van der Waals surface area contributed by atoms with Crippen LogP contribution in [-0.2, 0) is 9.47 Å². The van der Waals surface area contributed by atoms with E-state index < -0.39 is 17.8 Å². The number of anilines is 2. The summed E-state index contributed by atoms with van der Waals surface area (Å²) in [5.41, 5.74) is 7.26. The Morgan fingerprint density at radius 3 is 1.58 bits per heavy atom. The largest absolute Gasteiger partial charge is 0.462 e. The van der Waals surface area contributed by atoms with Gasteiger partial charge in [-0.2, -0.15) is 0 Å². The standard InChI is InChI=1S/C29H42N4O5/c1-5-32(6-2)15-9-17-37-28(35)23-19-24(29(36)38-18-10-16-33(7-3)8-4)21-26(20-23)31-27(34)22-11-13-25(30)14-12-22/h11-14,19-21H,5-10,15-18,30H2,1-4H3,(H,31,34). The summed E-state index contributed by atoms with van der Waals surface area (Å²) in [6, 6.07) is 10.9. The third kappa shape index (κ3) is 10.1. The molecule has 3 N–H and O–H groups in total. The molecule has 0 bridgehead atoms. The van der Waals surface area contributed by atoms with Gasteiger partial charge in [0.25, 0.3) is 5.91 Å². The Hall–Kier alpha value is -3.43. The molecule has 9 nitrogen and oxygen atoms in total. The van der Waals surface area contributed by atoms with Crippen LogP contribution in [0.1, 0.15) is 71.6 Å². The van der Waals surface area contributed by atoms with E-state index in [2.05, 4.69) is 42.8 Å². The van der Waals surface area contributed by atoms with E-state index in [1.807, 2.05) is 0 Å². The molecule has 2 aromatic rings. The number of amides is 1. The first-order valence-corrected chi connectivity index (χ1v) is 13.4. The van der Waals surface area contributed by atoms with Crippen molar-refractivity contribution in [3.63, 3.8) is 0 Å². The average molecular weight is 527 g/mol. The highest BCUT2D eigenvalue weighted by Gasteiger charge is 2.17. The van der Waals surface area contributed by atoms with E-state index in [9.17, 15) is 14.4 Å². The molecular formula is C29H42N4O5. The van der Waals surface area contributed by atoms with E-state index in [1.165, 1.54) is 18.2 Å². The van der Waals surface area contributed by atoms with E-state index in [0.717, 1.165) is 39.3 Å². The van der Waals surface area contributed by atoms with Crippen LogP contribution in [0.2, 0.25) is 0 Å². The van der Waals surface area contributed by atoms with Crippen molar-refractivity contribution in [3.8, 4) is 0 Å². The summed E-state index contributed by atoms with van der Waals surface area (Å²) in [6.45, 7) is 14.2. The Kier molecular flexibility index (Phi) is 13.3. The molecule has 38 heavy (non-hydrogen) atoms. The summed E-state index contributed by atoms with van der Waals surface area (Å²) in [5.74, 6) is -1.53. The summed E-state index contributed by atoms with van der Waals surface area (Å²) in [7, 11) is 0. The predicted molar refractivity (Wildman–Crippen MR) is 151 cm³/mol. The van der Waals surface area contributed by atoms with Crippen molar-refractivity contribution in [2.75, 3.05) is 63.5 Å². The number of nitrogens with two attached hydrogens (primary N) is 1. The molecule has 9 heteroatoms. The lowest BCUT2D eigenvalue weighted by Crippen LogP contribution is -2.25. The van der Waals surface area contributed by atoms with Gasteiger partial charge in [0.15, 0.2) is 0 Å². The molecule has 0 fully saturated rings. The lowest BCUT2D eigenvalue weighted by atomic mass is 10.1. The Balaban J connectivity index is 2.14. The zero-order chi connectivity index (χ0) is 27.9. The normalized spacial score (nSPS) is 11.0. The van der Waals surface area contributed by atoms with E-state index in [4.69, 9.17) is 15.2 Å². The molecule has 0 aliphatic rings. The predicted octanol–water partition coefficient (Wildman–Crippen LogP) is 4.30. The summed E-state index contributed by atoms with van der Waals surface area (Å²) in [6.07, 6.45) is 1.39. The third-order valence-corrected chi connectivity index (χ3v) is 6.33. The second-order valence-corrected chi connectivity index (χ2v) is 8.91. The average Bonchev–Trinajstić information content (AvgIpc) is 2.93. The highest BCUT2D eigenvalue weighted by atomic mass is 16.5.